The minimum Gasteiger partial charge on any atom is -0.376 e. The van der Waals surface area contributed by atoms with Crippen molar-refractivity contribution in [1.29, 1.82) is 0 Å². The second kappa shape index (κ2) is 7.23. The number of aromatic amines is 1. The molecule has 10 heteroatoms. The van der Waals surface area contributed by atoms with Crippen LogP contribution in [-0.4, -0.2) is 43.6 Å². The van der Waals surface area contributed by atoms with Gasteiger partial charge >= 0.3 is 0 Å². The van der Waals surface area contributed by atoms with E-state index in [1.54, 1.807) is 12.1 Å². The summed E-state index contributed by atoms with van der Waals surface area (Å²) in [5, 5.41) is 10.4. The number of nitrogens with one attached hydrogen (secondary N) is 2. The van der Waals surface area contributed by atoms with Gasteiger partial charge in [0.15, 0.2) is 11.2 Å². The van der Waals surface area contributed by atoms with Crippen molar-refractivity contribution in [2.45, 2.75) is 32.0 Å². The first-order valence-corrected chi connectivity index (χ1v) is 8.58. The molecule has 140 valence electrons. The second-order valence-corrected chi connectivity index (χ2v) is 6.30. The average Bonchev–Trinajstić information content (AvgIpc) is 3.32. The molecule has 0 saturated carbocycles. The second-order valence-electron chi connectivity index (χ2n) is 6.30. The lowest BCUT2D eigenvalue weighted by Crippen LogP contribution is -2.28. The number of carbonyl (C=O) groups is 1. The van der Waals surface area contributed by atoms with Gasteiger partial charge in [-0.25, -0.2) is 14.1 Å². The van der Waals surface area contributed by atoms with Crippen LogP contribution in [-0.2, 0) is 17.8 Å². The third-order valence-electron chi connectivity index (χ3n) is 4.36. The molecule has 1 saturated heterocycles. The molecule has 1 amide bonds. The standard InChI is InChI=1S/C17H17FN6O3/c18-11-5-3-10(4-6-11)8-19-17(26)14-20-15-13(16(25)21-14)22-23-24(15)9-12-2-1-7-27-12/h3-6,12H,1-2,7-9H2,(H,19,26)(H,20,21,25)/t12-/m0/s1. The van der Waals surface area contributed by atoms with Crippen molar-refractivity contribution in [1.82, 2.24) is 30.3 Å². The highest BCUT2D eigenvalue weighted by molar-refractivity contribution is 5.91. The number of ether oxygens (including phenoxy) is 1. The Morgan fingerprint density at radius 1 is 1.37 bits per heavy atom. The Morgan fingerprint density at radius 3 is 2.93 bits per heavy atom. The lowest BCUT2D eigenvalue weighted by atomic mass is 10.2. The van der Waals surface area contributed by atoms with Gasteiger partial charge < -0.3 is 15.0 Å². The molecule has 2 N–H and O–H groups in total. The van der Waals surface area contributed by atoms with E-state index in [1.807, 2.05) is 0 Å². The normalized spacial score (nSPS) is 16.7. The predicted octanol–water partition coefficient (Wildman–Crippen LogP) is 0.763. The molecule has 0 spiro atoms. The number of aromatic nitrogens is 5. The molecule has 9 nitrogen and oxygen atoms in total. The molecule has 0 unspecified atom stereocenters. The number of hydrogen-bond donors (Lipinski definition) is 2. The van der Waals surface area contributed by atoms with Gasteiger partial charge in [0, 0.05) is 13.2 Å². The molecule has 4 rings (SSSR count). The highest BCUT2D eigenvalue weighted by atomic mass is 19.1. The summed E-state index contributed by atoms with van der Waals surface area (Å²) in [5.74, 6) is -1.04. The lowest BCUT2D eigenvalue weighted by molar-refractivity contribution is 0.0938. The number of fused-ring (bicyclic) bond motifs is 1. The van der Waals surface area contributed by atoms with Crippen LogP contribution in [0.25, 0.3) is 11.2 Å². The molecule has 1 aliphatic heterocycles. The SMILES string of the molecule is O=C(NCc1ccc(F)cc1)c1nc2c(nnn2C[C@@H]2CCCO2)c(=O)[nH]1. The van der Waals surface area contributed by atoms with E-state index in [0.717, 1.165) is 18.4 Å². The number of halogens is 1. The minimum absolute atomic E-state index is 0.00765. The molecular formula is C17H17FN6O3. The fraction of sp³-hybridized carbons (Fsp3) is 0.353. The van der Waals surface area contributed by atoms with Crippen molar-refractivity contribution >= 4 is 17.1 Å². The van der Waals surface area contributed by atoms with E-state index in [0.29, 0.717) is 13.2 Å². The lowest BCUT2D eigenvalue weighted by Gasteiger charge is -2.09. The largest absolute Gasteiger partial charge is 0.376 e. The Bertz CT molecular complexity index is 1020. The van der Waals surface area contributed by atoms with Gasteiger partial charge in [-0.3, -0.25) is 9.59 Å². The van der Waals surface area contributed by atoms with Crippen molar-refractivity contribution in [2.75, 3.05) is 6.61 Å². The third-order valence-corrected chi connectivity index (χ3v) is 4.36. The van der Waals surface area contributed by atoms with E-state index in [4.69, 9.17) is 4.74 Å². The minimum atomic E-state index is -0.553. The smallest absolute Gasteiger partial charge is 0.287 e. The Kier molecular flexibility index (Phi) is 4.63. The monoisotopic (exact) mass is 372 g/mol. The van der Waals surface area contributed by atoms with Gasteiger partial charge in [0.2, 0.25) is 5.82 Å². The predicted molar refractivity (Wildman–Crippen MR) is 92.5 cm³/mol. The maximum Gasteiger partial charge on any atom is 0.287 e. The average molecular weight is 372 g/mol. The zero-order valence-electron chi connectivity index (χ0n) is 14.3. The van der Waals surface area contributed by atoms with E-state index in [9.17, 15) is 14.0 Å². The summed E-state index contributed by atoms with van der Waals surface area (Å²) < 4.78 is 20.0. The Balaban J connectivity index is 1.54. The number of rotatable bonds is 5. The van der Waals surface area contributed by atoms with Crippen LogP contribution in [0.15, 0.2) is 29.1 Å². The van der Waals surface area contributed by atoms with Crippen molar-refractivity contribution in [2.24, 2.45) is 0 Å². The fourth-order valence-electron chi connectivity index (χ4n) is 2.95. The van der Waals surface area contributed by atoms with Crippen LogP contribution in [0.3, 0.4) is 0 Å². The number of nitrogens with zero attached hydrogens (tertiary/aromatic N) is 4. The summed E-state index contributed by atoms with van der Waals surface area (Å²) in [4.78, 5) is 31.2. The Morgan fingerprint density at radius 2 is 2.19 bits per heavy atom. The summed E-state index contributed by atoms with van der Waals surface area (Å²) in [7, 11) is 0. The molecule has 27 heavy (non-hydrogen) atoms. The summed E-state index contributed by atoms with van der Waals surface area (Å²) in [5.41, 5.74) is 0.494. The van der Waals surface area contributed by atoms with Crippen molar-refractivity contribution in [3.63, 3.8) is 0 Å². The van der Waals surface area contributed by atoms with E-state index in [1.165, 1.54) is 16.8 Å². The van der Waals surface area contributed by atoms with Gasteiger partial charge in [-0.15, -0.1) is 5.10 Å². The summed E-state index contributed by atoms with van der Waals surface area (Å²) in [6.07, 6.45) is 1.87. The van der Waals surface area contributed by atoms with Crippen molar-refractivity contribution < 1.29 is 13.9 Å². The van der Waals surface area contributed by atoms with Crippen LogP contribution in [0.1, 0.15) is 29.0 Å². The van der Waals surface area contributed by atoms with Crippen molar-refractivity contribution in [3.05, 3.63) is 51.8 Å². The first kappa shape index (κ1) is 17.3. The fourth-order valence-corrected chi connectivity index (χ4v) is 2.95. The van der Waals surface area contributed by atoms with Crippen molar-refractivity contribution in [3.8, 4) is 0 Å². The van der Waals surface area contributed by atoms with E-state index < -0.39 is 11.5 Å². The molecular weight excluding hydrogens is 355 g/mol. The Hall–Kier alpha value is -3.14. The highest BCUT2D eigenvalue weighted by Crippen LogP contribution is 2.15. The summed E-state index contributed by atoms with van der Waals surface area (Å²) in [6.45, 7) is 1.29. The van der Waals surface area contributed by atoms with Gasteiger partial charge in [0.25, 0.3) is 11.5 Å². The highest BCUT2D eigenvalue weighted by Gasteiger charge is 2.21. The van der Waals surface area contributed by atoms with Gasteiger partial charge in [-0.05, 0) is 30.5 Å². The molecule has 1 fully saturated rings. The molecule has 1 atom stereocenters. The summed E-state index contributed by atoms with van der Waals surface area (Å²) in [6, 6.07) is 5.75. The molecule has 0 bridgehead atoms. The molecule has 3 aromatic rings. The van der Waals surface area contributed by atoms with Crippen LogP contribution in [0.2, 0.25) is 0 Å². The molecule has 0 aliphatic carbocycles. The van der Waals surface area contributed by atoms with E-state index in [2.05, 4.69) is 25.6 Å². The number of amides is 1. The van der Waals surface area contributed by atoms with Gasteiger partial charge in [-0.2, -0.15) is 0 Å². The quantitative estimate of drug-likeness (QED) is 0.683. The van der Waals surface area contributed by atoms with E-state index in [-0.39, 0.29) is 35.5 Å². The molecule has 0 radical (unpaired) electrons. The van der Waals surface area contributed by atoms with Crippen LogP contribution >= 0.6 is 0 Å². The van der Waals surface area contributed by atoms with Crippen LogP contribution in [0.4, 0.5) is 4.39 Å². The van der Waals surface area contributed by atoms with Gasteiger partial charge in [0.05, 0.1) is 12.6 Å². The maximum atomic E-state index is 12.9. The van der Waals surface area contributed by atoms with Gasteiger partial charge in [-0.1, -0.05) is 17.3 Å². The maximum absolute atomic E-state index is 12.9. The van der Waals surface area contributed by atoms with Crippen LogP contribution in [0.5, 0.6) is 0 Å². The number of carbonyl (C=O) groups excluding carboxylic acids is 1. The van der Waals surface area contributed by atoms with Gasteiger partial charge in [0.1, 0.15) is 5.82 Å². The molecule has 1 aromatic carbocycles. The van der Waals surface area contributed by atoms with Crippen LogP contribution in [0, 0.1) is 5.82 Å². The zero-order valence-corrected chi connectivity index (χ0v) is 14.3. The molecule has 3 heterocycles. The molecule has 1 aliphatic rings. The number of hydrogen-bond acceptors (Lipinski definition) is 6. The number of H-pyrrole nitrogens is 1. The summed E-state index contributed by atoms with van der Waals surface area (Å²) >= 11 is 0. The van der Waals surface area contributed by atoms with Crippen LogP contribution < -0.4 is 10.9 Å². The topological polar surface area (TPSA) is 115 Å². The zero-order chi connectivity index (χ0) is 18.8. The number of benzene rings is 1. The third kappa shape index (κ3) is 3.70. The first-order valence-electron chi connectivity index (χ1n) is 8.58. The van der Waals surface area contributed by atoms with E-state index >= 15 is 0 Å². The Labute approximate surface area is 152 Å². The first-order chi connectivity index (χ1) is 13.1. The molecule has 2 aromatic heterocycles.